The molecule has 1 aliphatic rings. The number of hydrogen-bond acceptors (Lipinski definition) is 5. The van der Waals surface area contributed by atoms with E-state index in [2.05, 4.69) is 10.6 Å². The number of benzene rings is 1. The average Bonchev–Trinajstić information content (AvgIpc) is 2.95. The highest BCUT2D eigenvalue weighted by molar-refractivity contribution is 5.97. The van der Waals surface area contributed by atoms with Gasteiger partial charge in [-0.1, -0.05) is 6.92 Å². The Bertz CT molecular complexity index is 833. The summed E-state index contributed by atoms with van der Waals surface area (Å²) in [5, 5.41) is 5.93. The maximum atomic E-state index is 12.6. The van der Waals surface area contributed by atoms with Crippen molar-refractivity contribution in [2.45, 2.75) is 19.9 Å². The third-order valence-electron chi connectivity index (χ3n) is 4.19. The zero-order chi connectivity index (χ0) is 17.8. The fraction of sp³-hybridized carbons (Fsp3) is 0.471. The van der Waals surface area contributed by atoms with Crippen molar-refractivity contribution in [1.82, 2.24) is 20.1 Å². The van der Waals surface area contributed by atoms with Crippen LogP contribution in [0.25, 0.3) is 11.1 Å². The van der Waals surface area contributed by atoms with E-state index in [1.807, 2.05) is 6.92 Å². The molecule has 2 amide bonds. The highest BCUT2D eigenvalue weighted by Crippen LogP contribution is 2.17. The number of nitrogens with zero attached hydrogens (tertiary/aromatic N) is 2. The molecule has 0 unspecified atom stereocenters. The molecule has 0 aliphatic carbocycles. The Labute approximate surface area is 144 Å². The zero-order valence-electron chi connectivity index (χ0n) is 14.2. The normalized spacial score (nSPS) is 14.7. The summed E-state index contributed by atoms with van der Waals surface area (Å²) in [6.45, 7) is 5.20. The maximum Gasteiger partial charge on any atom is 0.420 e. The molecular formula is C17H22N4O4. The largest absolute Gasteiger partial charge is 0.420 e. The molecule has 25 heavy (non-hydrogen) atoms. The molecule has 0 bridgehead atoms. The number of nitrogens with one attached hydrogen (secondary N) is 2. The van der Waals surface area contributed by atoms with Gasteiger partial charge < -0.3 is 20.0 Å². The third-order valence-corrected chi connectivity index (χ3v) is 4.19. The summed E-state index contributed by atoms with van der Waals surface area (Å²) in [5.41, 5.74) is 1.31. The number of hydrogen-bond donors (Lipinski definition) is 2. The van der Waals surface area contributed by atoms with E-state index in [1.165, 1.54) is 4.57 Å². The second kappa shape index (κ2) is 7.52. The van der Waals surface area contributed by atoms with E-state index >= 15 is 0 Å². The van der Waals surface area contributed by atoms with Gasteiger partial charge in [0.05, 0.1) is 5.52 Å². The molecule has 1 aromatic heterocycles. The minimum atomic E-state index is -0.603. The van der Waals surface area contributed by atoms with Crippen LogP contribution in [-0.2, 0) is 11.3 Å². The number of carbonyl (C=O) groups excluding carboxylic acids is 2. The standard InChI is InChI=1S/C17H22N4O4/c1-2-5-19-15(22)11-21-13-10-12(3-4-14(13)25-17(21)24)16(23)20-8-6-18-7-9-20/h3-4,10,18H,2,5-9,11H2,1H3,(H,19,22). The monoisotopic (exact) mass is 346 g/mol. The number of carbonyl (C=O) groups is 2. The van der Waals surface area contributed by atoms with E-state index in [4.69, 9.17) is 4.42 Å². The van der Waals surface area contributed by atoms with E-state index in [9.17, 15) is 14.4 Å². The average molecular weight is 346 g/mol. The van der Waals surface area contributed by atoms with Crippen LogP contribution in [-0.4, -0.2) is 54.0 Å². The lowest BCUT2D eigenvalue weighted by Crippen LogP contribution is -2.46. The SMILES string of the molecule is CCCNC(=O)Cn1c(=O)oc2ccc(C(=O)N3CCNCC3)cc21. The van der Waals surface area contributed by atoms with Gasteiger partial charge in [-0.2, -0.15) is 0 Å². The van der Waals surface area contributed by atoms with E-state index in [1.54, 1.807) is 23.1 Å². The zero-order valence-corrected chi connectivity index (χ0v) is 14.2. The van der Waals surface area contributed by atoms with Crippen LogP contribution in [0.4, 0.5) is 0 Å². The summed E-state index contributed by atoms with van der Waals surface area (Å²) in [6.07, 6.45) is 0.816. The van der Waals surface area contributed by atoms with Crippen LogP contribution in [0.3, 0.4) is 0 Å². The van der Waals surface area contributed by atoms with Gasteiger partial charge in [-0.3, -0.25) is 14.2 Å². The number of fused-ring (bicyclic) bond motifs is 1. The predicted octanol–water partition coefficient (Wildman–Crippen LogP) is 0.166. The van der Waals surface area contributed by atoms with Gasteiger partial charge in [-0.05, 0) is 24.6 Å². The molecule has 2 heterocycles. The van der Waals surface area contributed by atoms with Crippen molar-refractivity contribution in [2.75, 3.05) is 32.7 Å². The van der Waals surface area contributed by atoms with Crippen molar-refractivity contribution < 1.29 is 14.0 Å². The van der Waals surface area contributed by atoms with Gasteiger partial charge in [0, 0.05) is 38.3 Å². The van der Waals surface area contributed by atoms with Gasteiger partial charge in [0.2, 0.25) is 5.91 Å². The molecule has 0 saturated carbocycles. The van der Waals surface area contributed by atoms with Crippen LogP contribution in [0.15, 0.2) is 27.4 Å². The minimum Gasteiger partial charge on any atom is -0.408 e. The van der Waals surface area contributed by atoms with Crippen molar-refractivity contribution in [3.8, 4) is 0 Å². The highest BCUT2D eigenvalue weighted by atomic mass is 16.4. The molecule has 2 aromatic rings. The fourth-order valence-corrected chi connectivity index (χ4v) is 2.86. The van der Waals surface area contributed by atoms with E-state index in [0.29, 0.717) is 36.3 Å². The summed E-state index contributed by atoms with van der Waals surface area (Å²) in [6, 6.07) is 4.88. The van der Waals surface area contributed by atoms with Crippen LogP contribution < -0.4 is 16.4 Å². The topological polar surface area (TPSA) is 96.6 Å². The summed E-state index contributed by atoms with van der Waals surface area (Å²) >= 11 is 0. The van der Waals surface area contributed by atoms with Crippen molar-refractivity contribution in [3.05, 3.63) is 34.3 Å². The molecule has 134 valence electrons. The van der Waals surface area contributed by atoms with Gasteiger partial charge in [-0.25, -0.2) is 4.79 Å². The summed E-state index contributed by atoms with van der Waals surface area (Å²) in [5.74, 6) is -0.946. The molecule has 8 heteroatoms. The summed E-state index contributed by atoms with van der Waals surface area (Å²) < 4.78 is 6.44. The quantitative estimate of drug-likeness (QED) is 0.804. The molecule has 1 aliphatic heterocycles. The van der Waals surface area contributed by atoms with Crippen LogP contribution in [0, 0.1) is 0 Å². The van der Waals surface area contributed by atoms with Gasteiger partial charge in [0.15, 0.2) is 5.58 Å². The molecule has 1 saturated heterocycles. The number of oxazole rings is 1. The molecule has 0 spiro atoms. The van der Waals surface area contributed by atoms with Crippen molar-refractivity contribution in [1.29, 1.82) is 0 Å². The lowest BCUT2D eigenvalue weighted by molar-refractivity contribution is -0.121. The molecule has 1 fully saturated rings. The van der Waals surface area contributed by atoms with Crippen LogP contribution in [0.2, 0.25) is 0 Å². The second-order valence-corrected chi connectivity index (χ2v) is 6.03. The first-order valence-corrected chi connectivity index (χ1v) is 8.50. The molecule has 3 rings (SSSR count). The lowest BCUT2D eigenvalue weighted by atomic mass is 10.1. The van der Waals surface area contributed by atoms with Gasteiger partial charge >= 0.3 is 5.76 Å². The predicted molar refractivity (Wildman–Crippen MR) is 92.5 cm³/mol. The van der Waals surface area contributed by atoms with Gasteiger partial charge in [0.25, 0.3) is 5.91 Å². The van der Waals surface area contributed by atoms with E-state index in [-0.39, 0.29) is 18.4 Å². The maximum absolute atomic E-state index is 12.6. The van der Waals surface area contributed by atoms with E-state index in [0.717, 1.165) is 19.5 Å². The van der Waals surface area contributed by atoms with Crippen LogP contribution >= 0.6 is 0 Å². The van der Waals surface area contributed by atoms with Crippen LogP contribution in [0.1, 0.15) is 23.7 Å². The molecule has 0 atom stereocenters. The fourth-order valence-electron chi connectivity index (χ4n) is 2.86. The second-order valence-electron chi connectivity index (χ2n) is 6.03. The number of rotatable bonds is 5. The Hall–Kier alpha value is -2.61. The van der Waals surface area contributed by atoms with Gasteiger partial charge in [0.1, 0.15) is 6.54 Å². The third kappa shape index (κ3) is 3.74. The smallest absolute Gasteiger partial charge is 0.408 e. The van der Waals surface area contributed by atoms with E-state index < -0.39 is 5.76 Å². The Balaban J connectivity index is 1.88. The first-order chi connectivity index (χ1) is 12.1. The number of amides is 2. The summed E-state index contributed by atoms with van der Waals surface area (Å²) in [4.78, 5) is 38.4. The Morgan fingerprint density at radius 2 is 2.04 bits per heavy atom. The molecule has 2 N–H and O–H groups in total. The van der Waals surface area contributed by atoms with Crippen LogP contribution in [0.5, 0.6) is 0 Å². The number of piperazine rings is 1. The molecule has 0 radical (unpaired) electrons. The van der Waals surface area contributed by atoms with Gasteiger partial charge in [-0.15, -0.1) is 0 Å². The summed E-state index contributed by atoms with van der Waals surface area (Å²) in [7, 11) is 0. The van der Waals surface area contributed by atoms with Crippen molar-refractivity contribution in [3.63, 3.8) is 0 Å². The lowest BCUT2D eigenvalue weighted by Gasteiger charge is -2.27. The first-order valence-electron chi connectivity index (χ1n) is 8.50. The highest BCUT2D eigenvalue weighted by Gasteiger charge is 2.20. The Kier molecular flexibility index (Phi) is 5.18. The Morgan fingerprint density at radius 1 is 1.28 bits per heavy atom. The first kappa shape index (κ1) is 17.2. The van der Waals surface area contributed by atoms with Crippen molar-refractivity contribution >= 4 is 22.9 Å². The van der Waals surface area contributed by atoms with Crippen molar-refractivity contribution in [2.24, 2.45) is 0 Å². The number of aromatic nitrogens is 1. The molecular weight excluding hydrogens is 324 g/mol. The molecule has 1 aromatic carbocycles. The Morgan fingerprint density at radius 3 is 2.76 bits per heavy atom. The molecule has 8 nitrogen and oxygen atoms in total. The minimum absolute atomic E-state index is 0.0842.